The summed E-state index contributed by atoms with van der Waals surface area (Å²) in [5.41, 5.74) is 0.891. The minimum atomic E-state index is -0.557. The molecule has 1 spiro atoms. The second kappa shape index (κ2) is 4.61. The van der Waals surface area contributed by atoms with Gasteiger partial charge in [-0.2, -0.15) is 0 Å². The number of aromatic nitrogens is 1. The van der Waals surface area contributed by atoms with Crippen LogP contribution in [0.25, 0.3) is 0 Å². The summed E-state index contributed by atoms with van der Waals surface area (Å²) in [5.74, 6) is -0.524. The number of halogens is 1. The van der Waals surface area contributed by atoms with Gasteiger partial charge in [-0.1, -0.05) is 17.7 Å². The fourth-order valence-electron chi connectivity index (χ4n) is 2.67. The van der Waals surface area contributed by atoms with E-state index in [9.17, 15) is 4.79 Å². The minimum absolute atomic E-state index is 0.193. The quantitative estimate of drug-likeness (QED) is 0.733. The molecular formula is C13H14ClNO3. The van der Waals surface area contributed by atoms with Crippen molar-refractivity contribution < 1.29 is 14.3 Å². The fourth-order valence-corrected chi connectivity index (χ4v) is 2.78. The Hall–Kier alpha value is -0.970. The molecule has 3 rings (SSSR count). The summed E-state index contributed by atoms with van der Waals surface area (Å²) in [6.45, 7) is 1.22. The van der Waals surface area contributed by atoms with Crippen LogP contribution in [-0.4, -0.2) is 29.8 Å². The van der Waals surface area contributed by atoms with Gasteiger partial charge in [-0.3, -0.25) is 4.79 Å². The SMILES string of the molecule is O=C1CCC2(CC1c1ccc(Cl)nc1)OCCO2. The molecule has 1 atom stereocenters. The van der Waals surface area contributed by atoms with E-state index in [1.807, 2.05) is 6.07 Å². The third-order valence-electron chi connectivity index (χ3n) is 3.62. The lowest BCUT2D eigenvalue weighted by Gasteiger charge is -2.35. The monoisotopic (exact) mass is 267 g/mol. The molecule has 1 unspecified atom stereocenters. The average Bonchev–Trinajstić information content (AvgIpc) is 2.82. The Morgan fingerprint density at radius 1 is 1.33 bits per heavy atom. The van der Waals surface area contributed by atoms with E-state index in [0.717, 1.165) is 5.56 Å². The Bertz CT molecular complexity index is 454. The molecule has 0 radical (unpaired) electrons. The minimum Gasteiger partial charge on any atom is -0.347 e. The number of ketones is 1. The molecule has 96 valence electrons. The van der Waals surface area contributed by atoms with Crippen LogP contribution in [0, 0.1) is 0 Å². The number of pyridine rings is 1. The molecule has 1 saturated carbocycles. The average molecular weight is 268 g/mol. The summed E-state index contributed by atoms with van der Waals surface area (Å²) in [5, 5.41) is 0.435. The molecule has 1 saturated heterocycles. The first-order valence-electron chi connectivity index (χ1n) is 6.11. The molecule has 2 aliphatic rings. The third kappa shape index (κ3) is 2.16. The predicted octanol–water partition coefficient (Wildman–Crippen LogP) is 2.31. The van der Waals surface area contributed by atoms with Gasteiger partial charge >= 0.3 is 0 Å². The van der Waals surface area contributed by atoms with Crippen LogP contribution in [0.2, 0.25) is 5.15 Å². The van der Waals surface area contributed by atoms with E-state index in [4.69, 9.17) is 21.1 Å². The number of hydrogen-bond acceptors (Lipinski definition) is 4. The highest BCUT2D eigenvalue weighted by atomic mass is 35.5. The smallest absolute Gasteiger partial charge is 0.169 e. The van der Waals surface area contributed by atoms with Crippen molar-refractivity contribution in [1.29, 1.82) is 0 Å². The highest BCUT2D eigenvalue weighted by Crippen LogP contribution is 2.41. The molecule has 0 N–H and O–H groups in total. The molecule has 4 nitrogen and oxygen atoms in total. The van der Waals surface area contributed by atoms with Gasteiger partial charge in [0.15, 0.2) is 5.79 Å². The maximum atomic E-state index is 12.0. The lowest BCUT2D eigenvalue weighted by atomic mass is 9.80. The molecule has 1 aromatic heterocycles. The maximum Gasteiger partial charge on any atom is 0.169 e. The van der Waals surface area contributed by atoms with Gasteiger partial charge in [0.2, 0.25) is 0 Å². The normalized spacial score (nSPS) is 26.7. The van der Waals surface area contributed by atoms with Crippen LogP contribution in [0.4, 0.5) is 0 Å². The largest absolute Gasteiger partial charge is 0.347 e. The maximum absolute atomic E-state index is 12.0. The Kier molecular flexibility index (Phi) is 3.09. The van der Waals surface area contributed by atoms with Gasteiger partial charge < -0.3 is 9.47 Å². The summed E-state index contributed by atoms with van der Waals surface area (Å²) in [4.78, 5) is 16.1. The zero-order chi connectivity index (χ0) is 12.6. The zero-order valence-electron chi connectivity index (χ0n) is 9.89. The molecule has 2 fully saturated rings. The van der Waals surface area contributed by atoms with Crippen molar-refractivity contribution in [3.8, 4) is 0 Å². The second-order valence-corrected chi connectivity index (χ2v) is 5.13. The summed E-state index contributed by atoms with van der Waals surface area (Å²) in [6.07, 6.45) is 3.39. The second-order valence-electron chi connectivity index (χ2n) is 4.74. The fraction of sp³-hybridized carbons (Fsp3) is 0.538. The Balaban J connectivity index is 1.85. The number of rotatable bonds is 1. The van der Waals surface area contributed by atoms with E-state index in [-0.39, 0.29) is 11.7 Å². The van der Waals surface area contributed by atoms with Crippen LogP contribution in [0.1, 0.15) is 30.7 Å². The topological polar surface area (TPSA) is 48.4 Å². The van der Waals surface area contributed by atoms with Crippen LogP contribution in [0.15, 0.2) is 18.3 Å². The summed E-state index contributed by atoms with van der Waals surface area (Å²) in [7, 11) is 0. The molecule has 1 aliphatic heterocycles. The third-order valence-corrected chi connectivity index (χ3v) is 3.85. The van der Waals surface area contributed by atoms with E-state index in [1.165, 1.54) is 0 Å². The van der Waals surface area contributed by atoms with Crippen LogP contribution in [0.3, 0.4) is 0 Å². The van der Waals surface area contributed by atoms with E-state index >= 15 is 0 Å². The number of carbonyl (C=O) groups excluding carboxylic acids is 1. The van der Waals surface area contributed by atoms with Gasteiger partial charge in [0, 0.05) is 31.4 Å². The van der Waals surface area contributed by atoms with Crippen molar-refractivity contribution in [3.05, 3.63) is 29.0 Å². The van der Waals surface area contributed by atoms with Gasteiger partial charge in [0.05, 0.1) is 13.2 Å². The number of nitrogens with zero attached hydrogens (tertiary/aromatic N) is 1. The van der Waals surface area contributed by atoms with Crippen LogP contribution < -0.4 is 0 Å². The van der Waals surface area contributed by atoms with Crippen molar-refractivity contribution in [2.75, 3.05) is 13.2 Å². The molecule has 5 heteroatoms. The van der Waals surface area contributed by atoms with E-state index in [2.05, 4.69) is 4.98 Å². The zero-order valence-corrected chi connectivity index (χ0v) is 10.7. The predicted molar refractivity (Wildman–Crippen MR) is 65.5 cm³/mol. The Morgan fingerprint density at radius 3 is 2.78 bits per heavy atom. The Morgan fingerprint density at radius 2 is 2.11 bits per heavy atom. The van der Waals surface area contributed by atoms with E-state index in [0.29, 0.717) is 37.6 Å². The van der Waals surface area contributed by atoms with Gasteiger partial charge in [-0.15, -0.1) is 0 Å². The molecule has 18 heavy (non-hydrogen) atoms. The molecule has 1 aliphatic carbocycles. The molecule has 2 heterocycles. The highest BCUT2D eigenvalue weighted by molar-refractivity contribution is 6.29. The molecular weight excluding hydrogens is 254 g/mol. The molecule has 0 aromatic carbocycles. The first-order valence-corrected chi connectivity index (χ1v) is 6.48. The summed E-state index contributed by atoms with van der Waals surface area (Å²) < 4.78 is 11.4. The van der Waals surface area contributed by atoms with E-state index in [1.54, 1.807) is 12.3 Å². The lowest BCUT2D eigenvalue weighted by molar-refractivity contribution is -0.183. The van der Waals surface area contributed by atoms with Crippen LogP contribution >= 0.6 is 11.6 Å². The number of Topliss-reactive ketones (excluding diaryl/α,β-unsaturated/α-hetero) is 1. The van der Waals surface area contributed by atoms with Gasteiger partial charge in [-0.25, -0.2) is 4.98 Å². The number of ether oxygens (including phenoxy) is 2. The van der Waals surface area contributed by atoms with Crippen molar-refractivity contribution in [1.82, 2.24) is 4.98 Å². The lowest BCUT2D eigenvalue weighted by Crippen LogP contribution is -2.39. The highest BCUT2D eigenvalue weighted by Gasteiger charge is 2.45. The standard InChI is InChI=1S/C13H14ClNO3/c14-12-2-1-9(8-15-12)10-7-13(4-3-11(10)16)17-5-6-18-13/h1-2,8,10H,3-7H2. The first kappa shape index (κ1) is 12.1. The number of hydrogen-bond donors (Lipinski definition) is 0. The van der Waals surface area contributed by atoms with Gasteiger partial charge in [0.25, 0.3) is 0 Å². The molecule has 0 bridgehead atoms. The Labute approximate surface area is 110 Å². The van der Waals surface area contributed by atoms with Crippen LogP contribution in [-0.2, 0) is 14.3 Å². The van der Waals surface area contributed by atoms with Gasteiger partial charge in [-0.05, 0) is 11.6 Å². The summed E-state index contributed by atoms with van der Waals surface area (Å²) in [6, 6.07) is 3.56. The molecule has 1 aromatic rings. The van der Waals surface area contributed by atoms with Crippen molar-refractivity contribution >= 4 is 17.4 Å². The van der Waals surface area contributed by atoms with Gasteiger partial charge in [0.1, 0.15) is 10.9 Å². The summed E-state index contributed by atoms with van der Waals surface area (Å²) >= 11 is 5.76. The number of carbonyl (C=O) groups is 1. The first-order chi connectivity index (χ1) is 8.69. The van der Waals surface area contributed by atoms with Crippen molar-refractivity contribution in [2.45, 2.75) is 31.0 Å². The molecule has 0 amide bonds. The van der Waals surface area contributed by atoms with Crippen molar-refractivity contribution in [3.63, 3.8) is 0 Å². The van der Waals surface area contributed by atoms with Crippen LogP contribution in [0.5, 0.6) is 0 Å². The van der Waals surface area contributed by atoms with E-state index < -0.39 is 5.79 Å². The van der Waals surface area contributed by atoms with Crippen molar-refractivity contribution in [2.24, 2.45) is 0 Å².